The lowest BCUT2D eigenvalue weighted by Gasteiger charge is -2.07. The summed E-state index contributed by atoms with van der Waals surface area (Å²) in [6.45, 7) is 3.06. The number of halogens is 3. The molecule has 0 unspecified atom stereocenters. The van der Waals surface area contributed by atoms with Crippen molar-refractivity contribution in [2.45, 2.75) is 12.8 Å². The van der Waals surface area contributed by atoms with Crippen LogP contribution in [-0.2, 0) is 6.42 Å². The van der Waals surface area contributed by atoms with Gasteiger partial charge in [0.25, 0.3) is 0 Å². The van der Waals surface area contributed by atoms with Gasteiger partial charge < -0.3 is 4.74 Å². The number of rotatable bonds is 6. The molecule has 0 aliphatic rings. The highest BCUT2D eigenvalue weighted by molar-refractivity contribution is 5.91. The van der Waals surface area contributed by atoms with Gasteiger partial charge in [-0.05, 0) is 37.3 Å². The number of aryl methyl sites for hydroxylation is 1. The summed E-state index contributed by atoms with van der Waals surface area (Å²) in [5.74, 6) is -2.95. The van der Waals surface area contributed by atoms with Crippen LogP contribution in [0.15, 0.2) is 53.8 Å². The van der Waals surface area contributed by atoms with E-state index in [-0.39, 0.29) is 11.3 Å². The molecule has 0 saturated heterocycles. The van der Waals surface area contributed by atoms with Crippen molar-refractivity contribution in [2.75, 3.05) is 0 Å². The lowest BCUT2D eigenvalue weighted by atomic mass is 10.1. The van der Waals surface area contributed by atoms with Gasteiger partial charge in [-0.2, -0.15) is 0 Å². The quantitative estimate of drug-likeness (QED) is 0.427. The molecule has 0 N–H and O–H groups in total. The molecule has 0 atom stereocenters. The highest BCUT2D eigenvalue weighted by Crippen LogP contribution is 2.27. The molecule has 0 spiro atoms. The maximum absolute atomic E-state index is 13.6. The van der Waals surface area contributed by atoms with Crippen molar-refractivity contribution >= 4 is 18.4 Å². The Morgan fingerprint density at radius 1 is 1.17 bits per heavy atom. The number of nitrogens with zero attached hydrogens (tertiary/aromatic N) is 1. The lowest BCUT2D eigenvalue weighted by Crippen LogP contribution is -2.09. The number of esters is 1. The molecule has 0 amide bonds. The summed E-state index contributed by atoms with van der Waals surface area (Å²) in [7, 11) is 0. The summed E-state index contributed by atoms with van der Waals surface area (Å²) in [6.07, 6.45) is 3.05. The zero-order valence-electron chi connectivity index (χ0n) is 12.6. The Hall–Kier alpha value is -2.89. The van der Waals surface area contributed by atoms with E-state index in [0.29, 0.717) is 19.2 Å². The molecule has 124 valence electrons. The number of carbonyl (C=O) groups excluding carboxylic acids is 1. The van der Waals surface area contributed by atoms with Gasteiger partial charge >= 0.3 is 5.97 Å². The third-order valence-corrected chi connectivity index (χ3v) is 3.24. The molecule has 6 heteroatoms. The van der Waals surface area contributed by atoms with Gasteiger partial charge in [-0.15, -0.1) is 0 Å². The number of benzene rings is 2. The summed E-state index contributed by atoms with van der Waals surface area (Å²) in [5, 5.41) is 0. The standard InChI is InChI=1S/C18H14F3NO2/c1-22-17-15(20)10-14(11-16(17)21)24-18(23)13-7-5-12(6-8-13)4-2-3-9-19/h3,5-11H,1-2,4H2. The lowest BCUT2D eigenvalue weighted by molar-refractivity contribution is 0.0734. The van der Waals surface area contributed by atoms with E-state index in [1.54, 1.807) is 12.1 Å². The molecule has 0 saturated carbocycles. The van der Waals surface area contributed by atoms with Gasteiger partial charge in [-0.3, -0.25) is 4.99 Å². The zero-order chi connectivity index (χ0) is 17.5. The largest absolute Gasteiger partial charge is 0.423 e. The predicted molar refractivity (Wildman–Crippen MR) is 85.5 cm³/mol. The number of carbonyl (C=O) groups is 1. The molecule has 24 heavy (non-hydrogen) atoms. The minimum Gasteiger partial charge on any atom is -0.423 e. The molecule has 2 rings (SSSR count). The number of ether oxygens (including phenoxy) is 1. The summed E-state index contributed by atoms with van der Waals surface area (Å²) in [6, 6.07) is 8.20. The summed E-state index contributed by atoms with van der Waals surface area (Å²) in [4.78, 5) is 15.2. The smallest absolute Gasteiger partial charge is 0.343 e. The monoisotopic (exact) mass is 333 g/mol. The van der Waals surface area contributed by atoms with Crippen molar-refractivity contribution in [1.82, 2.24) is 0 Å². The first-order valence-corrected chi connectivity index (χ1v) is 7.07. The second-order valence-electron chi connectivity index (χ2n) is 4.88. The van der Waals surface area contributed by atoms with Crippen molar-refractivity contribution in [3.05, 3.63) is 71.6 Å². The first kappa shape index (κ1) is 17.5. The first-order valence-electron chi connectivity index (χ1n) is 7.07. The normalized spacial score (nSPS) is 10.8. The molecule has 0 aromatic heterocycles. The Bertz CT molecular complexity index is 747. The average molecular weight is 333 g/mol. The minimum absolute atomic E-state index is 0.228. The summed E-state index contributed by atoms with van der Waals surface area (Å²) >= 11 is 0. The Kier molecular flexibility index (Phi) is 5.89. The third-order valence-electron chi connectivity index (χ3n) is 3.24. The summed E-state index contributed by atoms with van der Waals surface area (Å²) in [5.41, 5.74) is 0.621. The predicted octanol–water partition coefficient (Wildman–Crippen LogP) is 4.93. The average Bonchev–Trinajstić information content (AvgIpc) is 2.55. The molecule has 2 aromatic rings. The number of hydrogen-bond acceptors (Lipinski definition) is 3. The zero-order valence-corrected chi connectivity index (χ0v) is 12.6. The van der Waals surface area contributed by atoms with E-state index in [0.717, 1.165) is 17.7 Å². The van der Waals surface area contributed by atoms with Gasteiger partial charge in [0, 0.05) is 12.1 Å². The van der Waals surface area contributed by atoms with E-state index in [1.165, 1.54) is 18.2 Å². The maximum atomic E-state index is 13.6. The molecule has 0 aliphatic carbocycles. The number of aliphatic imine (C=N–C) groups is 1. The van der Waals surface area contributed by atoms with E-state index >= 15 is 0 Å². The van der Waals surface area contributed by atoms with E-state index in [2.05, 4.69) is 11.7 Å². The number of allylic oxidation sites excluding steroid dienone is 1. The van der Waals surface area contributed by atoms with Gasteiger partial charge in [-0.25, -0.2) is 18.0 Å². The fraction of sp³-hybridized carbons (Fsp3) is 0.111. The first-order chi connectivity index (χ1) is 11.5. The van der Waals surface area contributed by atoms with Crippen LogP contribution in [-0.4, -0.2) is 12.7 Å². The Labute approximate surface area is 137 Å². The highest BCUT2D eigenvalue weighted by Gasteiger charge is 2.14. The van der Waals surface area contributed by atoms with Crippen LogP contribution in [0, 0.1) is 11.6 Å². The van der Waals surface area contributed by atoms with Gasteiger partial charge in [0.15, 0.2) is 11.6 Å². The van der Waals surface area contributed by atoms with Crippen LogP contribution in [0.1, 0.15) is 22.3 Å². The second-order valence-corrected chi connectivity index (χ2v) is 4.88. The van der Waals surface area contributed by atoms with Gasteiger partial charge in [0.05, 0.1) is 11.9 Å². The van der Waals surface area contributed by atoms with Crippen molar-refractivity contribution in [1.29, 1.82) is 0 Å². The highest BCUT2D eigenvalue weighted by atomic mass is 19.1. The molecule has 0 radical (unpaired) electrons. The van der Waals surface area contributed by atoms with Crippen molar-refractivity contribution in [2.24, 2.45) is 4.99 Å². The van der Waals surface area contributed by atoms with Crippen LogP contribution in [0.2, 0.25) is 0 Å². The Morgan fingerprint density at radius 3 is 2.33 bits per heavy atom. The maximum Gasteiger partial charge on any atom is 0.343 e. The van der Waals surface area contributed by atoms with Crippen molar-refractivity contribution < 1.29 is 22.7 Å². The topological polar surface area (TPSA) is 38.7 Å². The second kappa shape index (κ2) is 8.10. The van der Waals surface area contributed by atoms with E-state index in [4.69, 9.17) is 4.74 Å². The molecule has 0 aliphatic heterocycles. The number of hydrogen-bond donors (Lipinski definition) is 0. The van der Waals surface area contributed by atoms with Crippen LogP contribution < -0.4 is 4.74 Å². The van der Waals surface area contributed by atoms with Crippen LogP contribution in [0.4, 0.5) is 18.9 Å². The molecule has 3 nitrogen and oxygen atoms in total. The van der Waals surface area contributed by atoms with Gasteiger partial charge in [-0.1, -0.05) is 18.2 Å². The molecule has 0 bridgehead atoms. The van der Waals surface area contributed by atoms with E-state index < -0.39 is 23.3 Å². The molecule has 0 fully saturated rings. The summed E-state index contributed by atoms with van der Waals surface area (Å²) < 4.78 is 44.0. The van der Waals surface area contributed by atoms with Crippen LogP contribution in [0.5, 0.6) is 5.75 Å². The Morgan fingerprint density at radius 2 is 1.79 bits per heavy atom. The fourth-order valence-electron chi connectivity index (χ4n) is 2.04. The van der Waals surface area contributed by atoms with E-state index in [9.17, 15) is 18.0 Å². The van der Waals surface area contributed by atoms with Crippen molar-refractivity contribution in [3.8, 4) is 5.75 Å². The van der Waals surface area contributed by atoms with Gasteiger partial charge in [0.2, 0.25) is 0 Å². The van der Waals surface area contributed by atoms with E-state index in [1.807, 2.05) is 0 Å². The molecule has 0 heterocycles. The SMILES string of the molecule is C=Nc1c(F)cc(OC(=O)c2ccc(CCC=CF)cc2)cc1F. The fourth-order valence-corrected chi connectivity index (χ4v) is 2.04. The minimum atomic E-state index is -0.968. The Balaban J connectivity index is 2.08. The molecule has 2 aromatic carbocycles. The molecular weight excluding hydrogens is 319 g/mol. The third kappa shape index (κ3) is 4.32. The van der Waals surface area contributed by atoms with Crippen LogP contribution in [0.3, 0.4) is 0 Å². The van der Waals surface area contributed by atoms with Gasteiger partial charge in [0.1, 0.15) is 11.4 Å². The molecular formula is C18H14F3NO2. The van der Waals surface area contributed by atoms with Crippen LogP contribution in [0.25, 0.3) is 0 Å². The van der Waals surface area contributed by atoms with Crippen molar-refractivity contribution in [3.63, 3.8) is 0 Å². The van der Waals surface area contributed by atoms with Crippen LogP contribution >= 0.6 is 0 Å².